The van der Waals surface area contributed by atoms with Gasteiger partial charge < -0.3 is 5.32 Å². The predicted octanol–water partition coefficient (Wildman–Crippen LogP) is 4.63. The van der Waals surface area contributed by atoms with Gasteiger partial charge in [0.05, 0.1) is 17.1 Å². The number of fused-ring (bicyclic) bond motifs is 2. The first-order chi connectivity index (χ1) is 19.5. The van der Waals surface area contributed by atoms with E-state index in [-0.39, 0.29) is 11.5 Å². The number of hydrogen-bond acceptors (Lipinski definition) is 5. The fourth-order valence-electron chi connectivity index (χ4n) is 4.81. The van der Waals surface area contributed by atoms with Gasteiger partial charge in [0.1, 0.15) is 11.9 Å². The van der Waals surface area contributed by atoms with E-state index in [1.165, 1.54) is 0 Å². The highest BCUT2D eigenvalue weighted by molar-refractivity contribution is 6.01. The van der Waals surface area contributed by atoms with Crippen LogP contribution in [0.4, 0.5) is 0 Å². The molecule has 0 aliphatic rings. The second-order valence-corrected chi connectivity index (χ2v) is 9.37. The van der Waals surface area contributed by atoms with Crippen molar-refractivity contribution < 1.29 is 4.79 Å². The molecule has 0 fully saturated rings. The van der Waals surface area contributed by atoms with Gasteiger partial charge in [0, 0.05) is 47.3 Å². The van der Waals surface area contributed by atoms with Crippen molar-refractivity contribution in [3.63, 3.8) is 0 Å². The fraction of sp³-hybridized carbons (Fsp3) is 0.0938. The van der Waals surface area contributed by atoms with Crippen LogP contribution in [0.15, 0.2) is 103 Å². The number of aromatic nitrogens is 5. The number of pyridine rings is 2. The number of imidazole rings is 1. The van der Waals surface area contributed by atoms with Gasteiger partial charge in [0.25, 0.3) is 11.5 Å². The lowest BCUT2D eigenvalue weighted by Crippen LogP contribution is -2.33. The summed E-state index contributed by atoms with van der Waals surface area (Å²) in [5.41, 5.74) is 3.96. The number of para-hydroxylation sites is 1. The van der Waals surface area contributed by atoms with E-state index < -0.39 is 6.04 Å². The zero-order chi connectivity index (χ0) is 27.6. The van der Waals surface area contributed by atoms with Crippen LogP contribution in [0.1, 0.15) is 45.8 Å². The molecular formula is C32H24N6O2. The third-order valence-electron chi connectivity index (χ3n) is 6.74. The van der Waals surface area contributed by atoms with Crippen LogP contribution >= 0.6 is 0 Å². The Morgan fingerprint density at radius 2 is 1.82 bits per heavy atom. The molecule has 4 heterocycles. The largest absolute Gasteiger partial charge is 0.344 e. The quantitative estimate of drug-likeness (QED) is 0.340. The van der Waals surface area contributed by atoms with E-state index in [4.69, 9.17) is 0 Å². The van der Waals surface area contributed by atoms with Crippen LogP contribution < -0.4 is 10.9 Å². The van der Waals surface area contributed by atoms with Crippen molar-refractivity contribution in [3.05, 3.63) is 136 Å². The molecule has 4 aromatic heterocycles. The number of nitrogens with zero attached hydrogens (tertiary/aromatic N) is 5. The van der Waals surface area contributed by atoms with Crippen molar-refractivity contribution in [1.29, 1.82) is 0 Å². The highest BCUT2D eigenvalue weighted by Crippen LogP contribution is 2.24. The molecule has 0 radical (unpaired) electrons. The third kappa shape index (κ3) is 4.50. The lowest BCUT2D eigenvalue weighted by molar-refractivity contribution is 0.0938. The average Bonchev–Trinajstić information content (AvgIpc) is 3.45. The summed E-state index contributed by atoms with van der Waals surface area (Å²) in [5, 5.41) is 4.31. The number of nitrogens with one attached hydrogen (secondary N) is 1. The van der Waals surface area contributed by atoms with Gasteiger partial charge in [-0.3, -0.25) is 23.5 Å². The lowest BCUT2D eigenvalue weighted by Gasteiger charge is -2.21. The number of rotatable bonds is 4. The van der Waals surface area contributed by atoms with Gasteiger partial charge in [-0.1, -0.05) is 42.2 Å². The summed E-state index contributed by atoms with van der Waals surface area (Å²) in [6.07, 6.45) is 8.37. The van der Waals surface area contributed by atoms with Crippen LogP contribution in [0.2, 0.25) is 0 Å². The van der Waals surface area contributed by atoms with Crippen molar-refractivity contribution in [2.45, 2.75) is 19.9 Å². The summed E-state index contributed by atoms with van der Waals surface area (Å²) in [5.74, 6) is 5.94. The Kier molecular flexibility index (Phi) is 6.38. The van der Waals surface area contributed by atoms with Crippen molar-refractivity contribution in [3.8, 4) is 17.5 Å². The third-order valence-corrected chi connectivity index (χ3v) is 6.74. The molecule has 194 valence electrons. The molecule has 0 spiro atoms. The number of amides is 1. The molecule has 6 aromatic rings. The van der Waals surface area contributed by atoms with Crippen LogP contribution in [0.3, 0.4) is 0 Å². The maximum absolute atomic E-state index is 14.2. The molecule has 2 aromatic carbocycles. The smallest absolute Gasteiger partial charge is 0.264 e. The number of benzene rings is 2. The van der Waals surface area contributed by atoms with Gasteiger partial charge in [-0.05, 0) is 55.6 Å². The summed E-state index contributed by atoms with van der Waals surface area (Å²) in [4.78, 5) is 40.5. The van der Waals surface area contributed by atoms with Gasteiger partial charge in [-0.15, -0.1) is 0 Å². The Balaban J connectivity index is 1.48. The number of hydrogen-bond donors (Lipinski definition) is 1. The zero-order valence-electron chi connectivity index (χ0n) is 21.9. The highest BCUT2D eigenvalue weighted by atomic mass is 16.2. The maximum atomic E-state index is 14.2. The van der Waals surface area contributed by atoms with Gasteiger partial charge >= 0.3 is 0 Å². The van der Waals surface area contributed by atoms with E-state index in [0.29, 0.717) is 39.2 Å². The first kappa shape index (κ1) is 24.8. The van der Waals surface area contributed by atoms with E-state index in [2.05, 4.69) is 32.1 Å². The summed E-state index contributed by atoms with van der Waals surface area (Å²) in [6.45, 7) is 3.64. The molecule has 1 amide bonds. The standard InChI is InChI=1S/C32H24N6O2/c1-21(36-31(39)28-22(2)35-20-37-17-16-34-30(28)37)27-18-25-10-6-9-24(14-13-23-8-7-15-33-19-23)29(25)32(40)38(27)26-11-4-3-5-12-26/h3-12,15-21H,1-2H3,(H,36,39)/t21-/m1/s1. The summed E-state index contributed by atoms with van der Waals surface area (Å²) >= 11 is 0. The molecule has 0 saturated carbocycles. The number of carbonyl (C=O) groups is 1. The molecule has 0 unspecified atom stereocenters. The topological polar surface area (TPSA) is 94.2 Å². The molecule has 0 aliphatic heterocycles. The Hall–Kier alpha value is -5.55. The fourth-order valence-corrected chi connectivity index (χ4v) is 4.81. The Bertz CT molecular complexity index is 2000. The minimum atomic E-state index is -0.524. The van der Waals surface area contributed by atoms with Crippen molar-refractivity contribution in [2.75, 3.05) is 0 Å². The summed E-state index contributed by atoms with van der Waals surface area (Å²) in [6, 6.07) is 20.1. The van der Waals surface area contributed by atoms with Crippen molar-refractivity contribution >= 4 is 22.3 Å². The first-order valence-electron chi connectivity index (χ1n) is 12.8. The second-order valence-electron chi connectivity index (χ2n) is 9.37. The van der Waals surface area contributed by atoms with Crippen LogP contribution in [-0.2, 0) is 0 Å². The minimum Gasteiger partial charge on any atom is -0.344 e. The maximum Gasteiger partial charge on any atom is 0.264 e. The van der Waals surface area contributed by atoms with E-state index in [1.54, 1.807) is 47.0 Å². The van der Waals surface area contributed by atoms with Gasteiger partial charge in [0.15, 0.2) is 5.65 Å². The number of aryl methyl sites for hydroxylation is 1. The number of carbonyl (C=O) groups excluding carboxylic acids is 1. The van der Waals surface area contributed by atoms with Gasteiger partial charge in [0.2, 0.25) is 0 Å². The molecule has 8 heteroatoms. The van der Waals surface area contributed by atoms with Crippen LogP contribution in [0.5, 0.6) is 0 Å². The molecule has 0 bridgehead atoms. The Labute approximate surface area is 230 Å². The van der Waals surface area contributed by atoms with Gasteiger partial charge in [-0.25, -0.2) is 9.97 Å². The van der Waals surface area contributed by atoms with Crippen LogP contribution in [0.25, 0.3) is 22.1 Å². The molecule has 1 N–H and O–H groups in total. The lowest BCUT2D eigenvalue weighted by atomic mass is 10.0. The minimum absolute atomic E-state index is 0.218. The van der Waals surface area contributed by atoms with E-state index >= 15 is 0 Å². The van der Waals surface area contributed by atoms with E-state index in [9.17, 15) is 9.59 Å². The molecule has 0 saturated heterocycles. The zero-order valence-corrected chi connectivity index (χ0v) is 21.9. The SMILES string of the molecule is Cc1ncn2ccnc2c1C(=O)N[C@H](C)c1cc2cccc(C#Cc3cccnc3)c2c(=O)n1-c1ccccc1. The molecule has 40 heavy (non-hydrogen) atoms. The van der Waals surface area contributed by atoms with Crippen molar-refractivity contribution in [1.82, 2.24) is 29.2 Å². The van der Waals surface area contributed by atoms with E-state index in [0.717, 1.165) is 10.9 Å². The van der Waals surface area contributed by atoms with Crippen molar-refractivity contribution in [2.24, 2.45) is 0 Å². The monoisotopic (exact) mass is 524 g/mol. The second kappa shape index (κ2) is 10.3. The summed E-state index contributed by atoms with van der Waals surface area (Å²) < 4.78 is 3.35. The Morgan fingerprint density at radius 1 is 0.975 bits per heavy atom. The molecule has 8 nitrogen and oxygen atoms in total. The highest BCUT2D eigenvalue weighted by Gasteiger charge is 2.22. The van der Waals surface area contributed by atoms with E-state index in [1.807, 2.05) is 73.7 Å². The predicted molar refractivity (Wildman–Crippen MR) is 153 cm³/mol. The summed E-state index contributed by atoms with van der Waals surface area (Å²) in [7, 11) is 0. The molecule has 1 atom stereocenters. The molecule has 6 rings (SSSR count). The van der Waals surface area contributed by atoms with Gasteiger partial charge in [-0.2, -0.15) is 0 Å². The van der Waals surface area contributed by atoms with Crippen LogP contribution in [-0.4, -0.2) is 29.8 Å². The molecular weight excluding hydrogens is 500 g/mol. The average molecular weight is 525 g/mol. The molecule has 0 aliphatic carbocycles. The van der Waals surface area contributed by atoms with Crippen LogP contribution in [0, 0.1) is 18.8 Å². The normalized spacial score (nSPS) is 11.7. The first-order valence-corrected chi connectivity index (χ1v) is 12.8. The Morgan fingerprint density at radius 3 is 2.62 bits per heavy atom.